The molecule has 0 aromatic heterocycles. The van der Waals surface area contributed by atoms with E-state index >= 15 is 0 Å². The summed E-state index contributed by atoms with van der Waals surface area (Å²) in [5.41, 5.74) is 4.43. The standard InChI is InChI=1S/C21H22/c1-2-21(20-11-7-4-8-12-20)15-13-19(14-16-21)17-18-9-5-3-6-10-18/h3-15H,2,16-17H2,1H3. The zero-order chi connectivity index (χ0) is 14.5. The highest BCUT2D eigenvalue weighted by Gasteiger charge is 2.28. The van der Waals surface area contributed by atoms with Gasteiger partial charge in [-0.3, -0.25) is 0 Å². The molecular formula is C21H22. The molecule has 0 amide bonds. The van der Waals surface area contributed by atoms with E-state index in [-0.39, 0.29) is 5.41 Å². The highest BCUT2D eigenvalue weighted by Crippen LogP contribution is 2.37. The van der Waals surface area contributed by atoms with Crippen molar-refractivity contribution in [2.75, 3.05) is 0 Å². The molecule has 0 radical (unpaired) electrons. The van der Waals surface area contributed by atoms with Gasteiger partial charge in [-0.05, 0) is 36.0 Å². The minimum Gasteiger partial charge on any atom is -0.0798 e. The van der Waals surface area contributed by atoms with Crippen molar-refractivity contribution >= 4 is 0 Å². The summed E-state index contributed by atoms with van der Waals surface area (Å²) in [5, 5.41) is 0. The molecule has 0 saturated heterocycles. The summed E-state index contributed by atoms with van der Waals surface area (Å²) in [6, 6.07) is 21.6. The van der Waals surface area contributed by atoms with E-state index in [1.54, 1.807) is 0 Å². The van der Waals surface area contributed by atoms with Crippen molar-refractivity contribution in [1.82, 2.24) is 0 Å². The number of benzene rings is 2. The molecule has 0 saturated carbocycles. The van der Waals surface area contributed by atoms with Gasteiger partial charge in [0.1, 0.15) is 0 Å². The molecule has 0 heterocycles. The maximum atomic E-state index is 2.42. The van der Waals surface area contributed by atoms with Gasteiger partial charge in [0.25, 0.3) is 0 Å². The fraction of sp³-hybridized carbons (Fsp3) is 0.238. The lowest BCUT2D eigenvalue weighted by molar-refractivity contribution is 0.515. The van der Waals surface area contributed by atoms with Crippen LogP contribution in [0.3, 0.4) is 0 Å². The van der Waals surface area contributed by atoms with Crippen LogP contribution in [0.15, 0.2) is 84.5 Å². The molecule has 1 atom stereocenters. The first kappa shape index (κ1) is 13.9. The Hall–Kier alpha value is -2.08. The fourth-order valence-electron chi connectivity index (χ4n) is 3.13. The number of hydrogen-bond acceptors (Lipinski definition) is 0. The van der Waals surface area contributed by atoms with Crippen LogP contribution < -0.4 is 0 Å². The molecule has 1 unspecified atom stereocenters. The lowest BCUT2D eigenvalue weighted by Crippen LogP contribution is -2.23. The van der Waals surface area contributed by atoms with Crippen molar-refractivity contribution in [3.8, 4) is 0 Å². The third kappa shape index (κ3) is 3.00. The van der Waals surface area contributed by atoms with Crippen molar-refractivity contribution in [3.05, 3.63) is 95.6 Å². The van der Waals surface area contributed by atoms with Crippen molar-refractivity contribution in [3.63, 3.8) is 0 Å². The lowest BCUT2D eigenvalue weighted by atomic mass is 9.72. The Balaban J connectivity index is 1.78. The van der Waals surface area contributed by atoms with E-state index in [0.717, 1.165) is 19.3 Å². The van der Waals surface area contributed by atoms with Crippen molar-refractivity contribution < 1.29 is 0 Å². The van der Waals surface area contributed by atoms with Gasteiger partial charge < -0.3 is 0 Å². The molecule has 0 nitrogen and oxygen atoms in total. The van der Waals surface area contributed by atoms with E-state index in [1.807, 2.05) is 0 Å². The van der Waals surface area contributed by atoms with Gasteiger partial charge in [-0.25, -0.2) is 0 Å². The normalized spacial score (nSPS) is 21.1. The predicted molar refractivity (Wildman–Crippen MR) is 90.4 cm³/mol. The number of allylic oxidation sites excluding steroid dienone is 4. The van der Waals surface area contributed by atoms with Crippen molar-refractivity contribution in [2.24, 2.45) is 0 Å². The summed E-state index contributed by atoms with van der Waals surface area (Å²) < 4.78 is 0. The van der Waals surface area contributed by atoms with E-state index in [2.05, 4.69) is 85.8 Å². The first-order valence-electron chi connectivity index (χ1n) is 7.80. The average Bonchev–Trinajstić information content (AvgIpc) is 2.58. The molecule has 0 aliphatic heterocycles. The van der Waals surface area contributed by atoms with Crippen LogP contribution in [0.4, 0.5) is 0 Å². The van der Waals surface area contributed by atoms with E-state index in [4.69, 9.17) is 0 Å². The second-order valence-electron chi connectivity index (χ2n) is 5.85. The van der Waals surface area contributed by atoms with Gasteiger partial charge in [0.15, 0.2) is 0 Å². The summed E-state index contributed by atoms with van der Waals surface area (Å²) >= 11 is 0. The third-order valence-corrected chi connectivity index (χ3v) is 4.58. The van der Waals surface area contributed by atoms with Gasteiger partial charge in [0.05, 0.1) is 0 Å². The molecule has 2 aromatic carbocycles. The Kier molecular flexibility index (Phi) is 4.06. The Bertz CT molecular complexity index is 634. The van der Waals surface area contributed by atoms with Crippen LogP contribution in [0.2, 0.25) is 0 Å². The molecule has 0 N–H and O–H groups in total. The summed E-state index contributed by atoms with van der Waals surface area (Å²) in [7, 11) is 0. The molecule has 106 valence electrons. The summed E-state index contributed by atoms with van der Waals surface area (Å²) in [6.45, 7) is 2.29. The Morgan fingerprint density at radius 1 is 0.905 bits per heavy atom. The highest BCUT2D eigenvalue weighted by atomic mass is 14.3. The predicted octanol–water partition coefficient (Wildman–Crippen LogP) is 5.46. The molecular weight excluding hydrogens is 252 g/mol. The zero-order valence-corrected chi connectivity index (χ0v) is 12.6. The molecule has 0 fully saturated rings. The van der Waals surface area contributed by atoms with E-state index in [1.165, 1.54) is 16.7 Å². The van der Waals surface area contributed by atoms with Crippen LogP contribution in [-0.4, -0.2) is 0 Å². The quantitative estimate of drug-likeness (QED) is 0.694. The van der Waals surface area contributed by atoms with Gasteiger partial charge in [0.2, 0.25) is 0 Å². The van der Waals surface area contributed by atoms with E-state index < -0.39 is 0 Å². The molecule has 0 spiro atoms. The van der Waals surface area contributed by atoms with Gasteiger partial charge >= 0.3 is 0 Å². The highest BCUT2D eigenvalue weighted by molar-refractivity contribution is 5.40. The number of rotatable bonds is 4. The number of hydrogen-bond donors (Lipinski definition) is 0. The van der Waals surface area contributed by atoms with Crippen LogP contribution in [0.5, 0.6) is 0 Å². The average molecular weight is 274 g/mol. The van der Waals surface area contributed by atoms with Crippen LogP contribution in [0, 0.1) is 0 Å². The lowest BCUT2D eigenvalue weighted by Gasteiger charge is -2.32. The van der Waals surface area contributed by atoms with Gasteiger partial charge in [0, 0.05) is 5.41 Å². The van der Waals surface area contributed by atoms with Gasteiger partial charge in [-0.15, -0.1) is 0 Å². The second kappa shape index (κ2) is 6.13. The maximum absolute atomic E-state index is 2.42. The van der Waals surface area contributed by atoms with Crippen molar-refractivity contribution in [1.29, 1.82) is 0 Å². The zero-order valence-electron chi connectivity index (χ0n) is 12.6. The molecule has 2 aromatic rings. The minimum absolute atomic E-state index is 0.182. The molecule has 1 aliphatic rings. The molecule has 0 heteroatoms. The topological polar surface area (TPSA) is 0 Å². The minimum atomic E-state index is 0.182. The molecule has 3 rings (SSSR count). The van der Waals surface area contributed by atoms with Crippen molar-refractivity contribution in [2.45, 2.75) is 31.6 Å². The van der Waals surface area contributed by atoms with Crippen LogP contribution >= 0.6 is 0 Å². The summed E-state index contributed by atoms with van der Waals surface area (Å²) in [4.78, 5) is 0. The largest absolute Gasteiger partial charge is 0.0798 e. The summed E-state index contributed by atoms with van der Waals surface area (Å²) in [5.74, 6) is 0. The Labute approximate surface area is 127 Å². The van der Waals surface area contributed by atoms with E-state index in [0.29, 0.717) is 0 Å². The summed E-state index contributed by atoms with van der Waals surface area (Å²) in [6.07, 6.45) is 10.4. The molecule has 21 heavy (non-hydrogen) atoms. The molecule has 1 aliphatic carbocycles. The van der Waals surface area contributed by atoms with Gasteiger partial charge in [-0.2, -0.15) is 0 Å². The third-order valence-electron chi connectivity index (χ3n) is 4.58. The van der Waals surface area contributed by atoms with Crippen LogP contribution in [0.25, 0.3) is 0 Å². The Morgan fingerprint density at radius 2 is 1.57 bits per heavy atom. The van der Waals surface area contributed by atoms with Gasteiger partial charge in [-0.1, -0.05) is 85.8 Å². The maximum Gasteiger partial charge on any atom is 0.0167 e. The first-order chi connectivity index (χ1) is 10.3. The SMILES string of the molecule is CCC1(c2ccccc2)C=CC(Cc2ccccc2)=CC1. The van der Waals surface area contributed by atoms with E-state index in [9.17, 15) is 0 Å². The molecule has 0 bridgehead atoms. The van der Waals surface area contributed by atoms with Crippen LogP contribution in [0.1, 0.15) is 30.9 Å². The monoisotopic (exact) mass is 274 g/mol. The Morgan fingerprint density at radius 3 is 2.14 bits per heavy atom. The van der Waals surface area contributed by atoms with Crippen LogP contribution in [-0.2, 0) is 11.8 Å². The second-order valence-corrected chi connectivity index (χ2v) is 5.85. The first-order valence-corrected chi connectivity index (χ1v) is 7.80. The smallest absolute Gasteiger partial charge is 0.0167 e. The fourth-order valence-corrected chi connectivity index (χ4v) is 3.13.